The van der Waals surface area contributed by atoms with Gasteiger partial charge in [0.2, 0.25) is 5.82 Å². The Hall–Kier alpha value is -3.95. The van der Waals surface area contributed by atoms with Gasteiger partial charge in [0.25, 0.3) is 0 Å². The van der Waals surface area contributed by atoms with Gasteiger partial charge in [0.15, 0.2) is 12.3 Å². The molecule has 10 nitrogen and oxygen atoms in total. The molecule has 0 radical (unpaired) electrons. The second-order valence-corrected chi connectivity index (χ2v) is 4.97. The summed E-state index contributed by atoms with van der Waals surface area (Å²) in [7, 11) is 0. The first-order valence-corrected chi connectivity index (χ1v) is 7.39. The van der Waals surface area contributed by atoms with Gasteiger partial charge < -0.3 is 9.94 Å². The predicted octanol–water partition coefficient (Wildman–Crippen LogP) is 1.82. The van der Waals surface area contributed by atoms with E-state index in [0.717, 1.165) is 0 Å². The Morgan fingerprint density at radius 1 is 1.23 bits per heavy atom. The highest BCUT2D eigenvalue weighted by Gasteiger charge is 2.13. The largest absolute Gasteiger partial charge is 0.465 e. The second-order valence-electron chi connectivity index (χ2n) is 4.97. The van der Waals surface area contributed by atoms with Crippen molar-refractivity contribution in [3.05, 3.63) is 76.2 Å². The van der Waals surface area contributed by atoms with Gasteiger partial charge in [-0.1, -0.05) is 46.7 Å². The molecule has 0 saturated heterocycles. The molecule has 0 spiro atoms. The first-order chi connectivity index (χ1) is 12.6. The Labute approximate surface area is 146 Å². The number of nitrogens with one attached hydrogen (secondary N) is 2. The number of aromatic nitrogens is 3. The molecule has 26 heavy (non-hydrogen) atoms. The minimum atomic E-state index is -1.21. The topological polar surface area (TPSA) is 143 Å². The van der Waals surface area contributed by atoms with Gasteiger partial charge in [-0.15, -0.1) is 0 Å². The van der Waals surface area contributed by atoms with E-state index < -0.39 is 11.8 Å². The SMILES string of the molecule is O=C(O)Nc1cccc(CON=C(c2ccccc2)c2noc(=O)[nH]2)n1. The van der Waals surface area contributed by atoms with Gasteiger partial charge in [0.05, 0.1) is 5.69 Å². The monoisotopic (exact) mass is 355 g/mol. The van der Waals surface area contributed by atoms with E-state index in [1.165, 1.54) is 6.07 Å². The molecular weight excluding hydrogens is 342 g/mol. The summed E-state index contributed by atoms with van der Waals surface area (Å²) in [4.78, 5) is 33.7. The summed E-state index contributed by atoms with van der Waals surface area (Å²) in [6.07, 6.45) is -1.21. The lowest BCUT2D eigenvalue weighted by Crippen LogP contribution is -2.10. The molecule has 0 bridgehead atoms. The molecule has 2 heterocycles. The van der Waals surface area contributed by atoms with Crippen molar-refractivity contribution in [2.24, 2.45) is 5.16 Å². The number of rotatable bonds is 6. The van der Waals surface area contributed by atoms with E-state index in [1.54, 1.807) is 36.4 Å². The van der Waals surface area contributed by atoms with Crippen molar-refractivity contribution in [1.82, 2.24) is 15.1 Å². The van der Waals surface area contributed by atoms with E-state index in [1.807, 2.05) is 6.07 Å². The lowest BCUT2D eigenvalue weighted by Gasteiger charge is -2.05. The lowest BCUT2D eigenvalue weighted by atomic mass is 10.1. The van der Waals surface area contributed by atoms with Crippen molar-refractivity contribution in [1.29, 1.82) is 0 Å². The number of benzene rings is 1. The minimum Gasteiger partial charge on any atom is -0.465 e. The standard InChI is InChI=1S/C16H13N5O5/c22-15(23)18-12-8-4-7-11(17-12)9-25-20-13(10-5-2-1-3-6-10)14-19-16(24)26-21-14/h1-8H,9H2,(H,17,18)(H,22,23)(H,19,21,24). The third-order valence-electron chi connectivity index (χ3n) is 3.12. The van der Waals surface area contributed by atoms with Crippen LogP contribution in [0.25, 0.3) is 0 Å². The molecule has 10 heteroatoms. The fraction of sp³-hybridized carbons (Fsp3) is 0.0625. The molecule has 1 amide bonds. The van der Waals surface area contributed by atoms with Crippen LogP contribution in [-0.2, 0) is 11.4 Å². The number of carboxylic acid groups (broad SMARTS) is 1. The predicted molar refractivity (Wildman–Crippen MR) is 89.9 cm³/mol. The normalized spacial score (nSPS) is 11.2. The van der Waals surface area contributed by atoms with Crippen LogP contribution < -0.4 is 11.1 Å². The zero-order valence-corrected chi connectivity index (χ0v) is 13.2. The van der Waals surface area contributed by atoms with Gasteiger partial charge in [-0.05, 0) is 12.1 Å². The molecule has 3 aromatic rings. The van der Waals surface area contributed by atoms with Crippen molar-refractivity contribution in [2.75, 3.05) is 5.32 Å². The molecular formula is C16H13N5O5. The maximum atomic E-state index is 11.2. The molecule has 0 aliphatic carbocycles. The van der Waals surface area contributed by atoms with Crippen molar-refractivity contribution in [2.45, 2.75) is 6.61 Å². The Bertz CT molecular complexity index is 980. The van der Waals surface area contributed by atoms with Crippen LogP contribution >= 0.6 is 0 Å². The van der Waals surface area contributed by atoms with Crippen LogP contribution in [-0.4, -0.2) is 32.0 Å². The zero-order chi connectivity index (χ0) is 18.4. The fourth-order valence-electron chi connectivity index (χ4n) is 2.06. The van der Waals surface area contributed by atoms with Crippen molar-refractivity contribution < 1.29 is 19.3 Å². The number of aromatic amines is 1. The first-order valence-electron chi connectivity index (χ1n) is 7.39. The number of anilines is 1. The molecule has 0 unspecified atom stereocenters. The van der Waals surface area contributed by atoms with Gasteiger partial charge >= 0.3 is 11.8 Å². The van der Waals surface area contributed by atoms with E-state index in [0.29, 0.717) is 11.3 Å². The van der Waals surface area contributed by atoms with E-state index in [-0.39, 0.29) is 24.0 Å². The Morgan fingerprint density at radius 3 is 2.73 bits per heavy atom. The summed E-state index contributed by atoms with van der Waals surface area (Å²) in [6, 6.07) is 13.8. The number of nitrogens with zero attached hydrogens (tertiary/aromatic N) is 3. The number of hydrogen-bond acceptors (Lipinski definition) is 7. The highest BCUT2D eigenvalue weighted by molar-refractivity contribution is 6.10. The summed E-state index contributed by atoms with van der Waals surface area (Å²) in [6.45, 7) is -0.0203. The molecule has 2 aromatic heterocycles. The average molecular weight is 355 g/mol. The summed E-state index contributed by atoms with van der Waals surface area (Å²) in [5.41, 5.74) is 1.39. The zero-order valence-electron chi connectivity index (χ0n) is 13.2. The van der Waals surface area contributed by atoms with Crippen LogP contribution in [0.3, 0.4) is 0 Å². The molecule has 3 rings (SSSR count). The number of pyridine rings is 1. The summed E-state index contributed by atoms with van der Waals surface area (Å²) >= 11 is 0. The summed E-state index contributed by atoms with van der Waals surface area (Å²) < 4.78 is 4.51. The molecule has 0 fully saturated rings. The maximum absolute atomic E-state index is 11.2. The number of H-pyrrole nitrogens is 1. The molecule has 0 atom stereocenters. The highest BCUT2D eigenvalue weighted by atomic mass is 16.6. The van der Waals surface area contributed by atoms with E-state index in [9.17, 15) is 9.59 Å². The van der Waals surface area contributed by atoms with Crippen molar-refractivity contribution in [3.63, 3.8) is 0 Å². The highest BCUT2D eigenvalue weighted by Crippen LogP contribution is 2.09. The Kier molecular flexibility index (Phi) is 5.03. The summed E-state index contributed by atoms with van der Waals surface area (Å²) in [5, 5.41) is 18.5. The van der Waals surface area contributed by atoms with E-state index >= 15 is 0 Å². The molecule has 0 aliphatic heterocycles. The molecule has 0 aliphatic rings. The summed E-state index contributed by atoms with van der Waals surface area (Å²) in [5.74, 6) is -0.417. The Morgan fingerprint density at radius 2 is 2.04 bits per heavy atom. The quantitative estimate of drug-likeness (QED) is 0.452. The van der Waals surface area contributed by atoms with Gasteiger partial charge in [-0.2, -0.15) is 0 Å². The smallest absolute Gasteiger partial charge is 0.439 e. The third-order valence-corrected chi connectivity index (χ3v) is 3.12. The van der Waals surface area contributed by atoms with Gasteiger partial charge in [0.1, 0.15) is 5.82 Å². The first kappa shape index (κ1) is 16.9. The number of carbonyl (C=O) groups is 1. The average Bonchev–Trinajstić information content (AvgIpc) is 3.05. The van der Waals surface area contributed by atoms with E-state index in [4.69, 9.17) is 9.94 Å². The van der Waals surface area contributed by atoms with Gasteiger partial charge in [-0.25, -0.2) is 14.6 Å². The number of oxime groups is 1. The van der Waals surface area contributed by atoms with Gasteiger partial charge in [-0.3, -0.25) is 14.8 Å². The molecule has 3 N–H and O–H groups in total. The Balaban J connectivity index is 1.79. The van der Waals surface area contributed by atoms with Crippen LogP contribution in [0.4, 0.5) is 10.6 Å². The number of hydrogen-bond donors (Lipinski definition) is 3. The van der Waals surface area contributed by atoms with Crippen LogP contribution in [0.5, 0.6) is 0 Å². The van der Waals surface area contributed by atoms with Crippen LogP contribution in [0.15, 0.2) is 63.0 Å². The lowest BCUT2D eigenvalue weighted by molar-refractivity contribution is 0.128. The van der Waals surface area contributed by atoms with Crippen molar-refractivity contribution >= 4 is 17.6 Å². The maximum Gasteiger partial charge on any atom is 0.439 e. The fourth-order valence-corrected chi connectivity index (χ4v) is 2.06. The number of amides is 1. The van der Waals surface area contributed by atoms with Crippen LogP contribution in [0, 0.1) is 0 Å². The molecule has 0 saturated carbocycles. The van der Waals surface area contributed by atoms with Crippen LogP contribution in [0.2, 0.25) is 0 Å². The molecule has 1 aromatic carbocycles. The molecule has 132 valence electrons. The van der Waals surface area contributed by atoms with E-state index in [2.05, 4.69) is 30.1 Å². The second kappa shape index (κ2) is 7.75. The minimum absolute atomic E-state index is 0.0203. The van der Waals surface area contributed by atoms with Crippen molar-refractivity contribution in [3.8, 4) is 0 Å². The third kappa shape index (κ3) is 4.32. The van der Waals surface area contributed by atoms with Crippen LogP contribution in [0.1, 0.15) is 17.1 Å². The van der Waals surface area contributed by atoms with Gasteiger partial charge in [0, 0.05) is 5.56 Å².